The van der Waals surface area contributed by atoms with Crippen LogP contribution in [0.2, 0.25) is 0 Å². The number of nitrogens with one attached hydrogen (secondary N) is 1. The highest BCUT2D eigenvalue weighted by atomic mass is 79.9. The van der Waals surface area contributed by atoms with Crippen LogP contribution < -0.4 is 11.1 Å². The Kier molecular flexibility index (Phi) is 3.98. The van der Waals surface area contributed by atoms with Gasteiger partial charge in [-0.25, -0.2) is 0 Å². The first kappa shape index (κ1) is 13.0. The molecule has 2 aromatic rings. The Hall–Kier alpha value is -1.40. The predicted octanol–water partition coefficient (Wildman–Crippen LogP) is 3.44. The Morgan fingerprint density at radius 3 is 2.28 bits per heavy atom. The summed E-state index contributed by atoms with van der Waals surface area (Å²) in [5, 5.41) is 2.81. The topological polar surface area (TPSA) is 68.0 Å². The highest BCUT2D eigenvalue weighted by molar-refractivity contribution is 9.11. The number of pyridine rings is 1. The van der Waals surface area contributed by atoms with E-state index in [9.17, 15) is 4.79 Å². The van der Waals surface area contributed by atoms with Crippen LogP contribution >= 0.6 is 31.9 Å². The summed E-state index contributed by atoms with van der Waals surface area (Å²) in [7, 11) is 0. The third-order valence-corrected chi connectivity index (χ3v) is 3.50. The largest absolute Gasteiger partial charge is 0.399 e. The molecule has 6 heteroatoms. The Labute approximate surface area is 121 Å². The number of aromatic nitrogens is 1. The molecule has 2 rings (SSSR count). The standard InChI is InChI=1S/C12H9Br2N3O/c13-9-5-8(15)6-10(14)11(9)17-12(18)7-1-3-16-4-2-7/h1-6H,15H2,(H,17,18). The van der Waals surface area contributed by atoms with Crippen LogP contribution in [0.1, 0.15) is 10.4 Å². The first-order chi connectivity index (χ1) is 8.58. The maximum atomic E-state index is 12.0. The molecular formula is C12H9Br2N3O. The van der Waals surface area contributed by atoms with Gasteiger partial charge in [0.2, 0.25) is 0 Å². The zero-order valence-corrected chi connectivity index (χ0v) is 12.3. The molecule has 1 aromatic heterocycles. The van der Waals surface area contributed by atoms with Crippen molar-refractivity contribution in [2.75, 3.05) is 11.1 Å². The molecule has 18 heavy (non-hydrogen) atoms. The molecule has 1 amide bonds. The van der Waals surface area contributed by atoms with Gasteiger partial charge in [-0.2, -0.15) is 0 Å². The van der Waals surface area contributed by atoms with Gasteiger partial charge in [-0.05, 0) is 56.1 Å². The normalized spacial score (nSPS) is 10.1. The summed E-state index contributed by atoms with van der Waals surface area (Å²) >= 11 is 6.72. The van der Waals surface area contributed by atoms with Crippen molar-refractivity contribution in [3.05, 3.63) is 51.2 Å². The van der Waals surface area contributed by atoms with Crippen molar-refractivity contribution < 1.29 is 4.79 Å². The van der Waals surface area contributed by atoms with E-state index in [4.69, 9.17) is 5.73 Å². The highest BCUT2D eigenvalue weighted by Crippen LogP contribution is 2.33. The number of hydrogen-bond donors (Lipinski definition) is 2. The maximum absolute atomic E-state index is 12.0. The van der Waals surface area contributed by atoms with Crippen molar-refractivity contribution in [2.24, 2.45) is 0 Å². The number of nitrogen functional groups attached to an aromatic ring is 1. The van der Waals surface area contributed by atoms with Gasteiger partial charge < -0.3 is 11.1 Å². The number of anilines is 2. The molecule has 0 radical (unpaired) electrons. The van der Waals surface area contributed by atoms with Crippen molar-refractivity contribution in [2.45, 2.75) is 0 Å². The molecule has 0 saturated carbocycles. The van der Waals surface area contributed by atoms with Crippen LogP contribution in [0.3, 0.4) is 0 Å². The molecule has 0 spiro atoms. The SMILES string of the molecule is Nc1cc(Br)c(NC(=O)c2ccncc2)c(Br)c1. The predicted molar refractivity (Wildman–Crippen MR) is 78.4 cm³/mol. The van der Waals surface area contributed by atoms with E-state index in [0.717, 1.165) is 8.95 Å². The fourth-order valence-electron chi connectivity index (χ4n) is 1.40. The van der Waals surface area contributed by atoms with Gasteiger partial charge in [0.05, 0.1) is 5.69 Å². The number of benzene rings is 1. The van der Waals surface area contributed by atoms with Gasteiger partial charge in [-0.15, -0.1) is 0 Å². The van der Waals surface area contributed by atoms with Crippen LogP contribution in [0.25, 0.3) is 0 Å². The molecule has 0 fully saturated rings. The smallest absolute Gasteiger partial charge is 0.255 e. The second kappa shape index (κ2) is 5.49. The Balaban J connectivity index is 2.28. The third kappa shape index (κ3) is 2.88. The average Bonchev–Trinajstić information content (AvgIpc) is 2.34. The van der Waals surface area contributed by atoms with Gasteiger partial charge in [-0.3, -0.25) is 9.78 Å². The molecular weight excluding hydrogens is 362 g/mol. The zero-order valence-electron chi connectivity index (χ0n) is 9.15. The summed E-state index contributed by atoms with van der Waals surface area (Å²) in [6, 6.07) is 6.75. The maximum Gasteiger partial charge on any atom is 0.255 e. The zero-order chi connectivity index (χ0) is 13.1. The van der Waals surface area contributed by atoms with E-state index in [2.05, 4.69) is 42.2 Å². The first-order valence-electron chi connectivity index (χ1n) is 5.04. The molecule has 1 heterocycles. The average molecular weight is 371 g/mol. The number of carbonyl (C=O) groups excluding carboxylic acids is 1. The molecule has 0 atom stereocenters. The molecule has 0 bridgehead atoms. The quantitative estimate of drug-likeness (QED) is 0.795. The van der Waals surface area contributed by atoms with E-state index in [-0.39, 0.29) is 5.91 Å². The second-order valence-electron chi connectivity index (χ2n) is 3.55. The van der Waals surface area contributed by atoms with E-state index in [1.165, 1.54) is 0 Å². The van der Waals surface area contributed by atoms with Crippen molar-refractivity contribution in [3.8, 4) is 0 Å². The number of nitrogens with two attached hydrogens (primary N) is 1. The molecule has 4 nitrogen and oxygen atoms in total. The van der Waals surface area contributed by atoms with E-state index >= 15 is 0 Å². The lowest BCUT2D eigenvalue weighted by atomic mass is 10.2. The van der Waals surface area contributed by atoms with Gasteiger partial charge in [0, 0.05) is 32.6 Å². The minimum atomic E-state index is -0.205. The van der Waals surface area contributed by atoms with Crippen LogP contribution in [0.5, 0.6) is 0 Å². The molecule has 0 aliphatic rings. The van der Waals surface area contributed by atoms with E-state index in [1.807, 2.05) is 0 Å². The summed E-state index contributed by atoms with van der Waals surface area (Å²) in [5.74, 6) is -0.205. The minimum absolute atomic E-state index is 0.205. The number of rotatable bonds is 2. The van der Waals surface area contributed by atoms with Crippen LogP contribution in [-0.2, 0) is 0 Å². The summed E-state index contributed by atoms with van der Waals surface area (Å²) in [6.45, 7) is 0. The number of nitrogens with zero attached hydrogens (tertiary/aromatic N) is 1. The monoisotopic (exact) mass is 369 g/mol. The first-order valence-corrected chi connectivity index (χ1v) is 6.62. The van der Waals surface area contributed by atoms with Crippen molar-refractivity contribution >= 4 is 49.1 Å². The van der Waals surface area contributed by atoms with Crippen LogP contribution in [0, 0.1) is 0 Å². The lowest BCUT2D eigenvalue weighted by Crippen LogP contribution is -2.12. The van der Waals surface area contributed by atoms with E-state index in [0.29, 0.717) is 16.9 Å². The van der Waals surface area contributed by atoms with Gasteiger partial charge in [0.15, 0.2) is 0 Å². The molecule has 0 saturated heterocycles. The van der Waals surface area contributed by atoms with Crippen LogP contribution in [-0.4, -0.2) is 10.9 Å². The minimum Gasteiger partial charge on any atom is -0.399 e. The molecule has 0 aliphatic heterocycles. The molecule has 92 valence electrons. The summed E-state index contributed by atoms with van der Waals surface area (Å²) < 4.78 is 1.44. The van der Waals surface area contributed by atoms with Crippen molar-refractivity contribution in [1.82, 2.24) is 4.98 Å². The summed E-state index contributed by atoms with van der Waals surface area (Å²) in [5.41, 5.74) is 7.48. The lowest BCUT2D eigenvalue weighted by molar-refractivity contribution is 0.102. The number of carbonyl (C=O) groups is 1. The van der Waals surface area contributed by atoms with Crippen LogP contribution in [0.4, 0.5) is 11.4 Å². The van der Waals surface area contributed by atoms with E-state index in [1.54, 1.807) is 36.7 Å². The molecule has 3 N–H and O–H groups in total. The molecule has 1 aromatic carbocycles. The van der Waals surface area contributed by atoms with Gasteiger partial charge >= 0.3 is 0 Å². The van der Waals surface area contributed by atoms with Gasteiger partial charge in [0.1, 0.15) is 0 Å². The van der Waals surface area contributed by atoms with E-state index < -0.39 is 0 Å². The molecule has 0 aliphatic carbocycles. The van der Waals surface area contributed by atoms with Crippen molar-refractivity contribution in [3.63, 3.8) is 0 Å². The highest BCUT2D eigenvalue weighted by Gasteiger charge is 2.11. The van der Waals surface area contributed by atoms with Gasteiger partial charge in [-0.1, -0.05) is 0 Å². The summed E-state index contributed by atoms with van der Waals surface area (Å²) in [4.78, 5) is 15.9. The molecule has 0 unspecified atom stereocenters. The van der Waals surface area contributed by atoms with Gasteiger partial charge in [0.25, 0.3) is 5.91 Å². The fraction of sp³-hybridized carbons (Fsp3) is 0. The number of hydrogen-bond acceptors (Lipinski definition) is 3. The number of amides is 1. The Morgan fingerprint density at radius 1 is 1.17 bits per heavy atom. The Morgan fingerprint density at radius 2 is 1.72 bits per heavy atom. The Bertz CT molecular complexity index is 564. The van der Waals surface area contributed by atoms with Crippen molar-refractivity contribution in [1.29, 1.82) is 0 Å². The second-order valence-corrected chi connectivity index (χ2v) is 5.26. The van der Waals surface area contributed by atoms with Crippen LogP contribution in [0.15, 0.2) is 45.6 Å². The summed E-state index contributed by atoms with van der Waals surface area (Å²) in [6.07, 6.45) is 3.14. The fourth-order valence-corrected chi connectivity index (χ4v) is 2.82. The number of halogens is 2. The lowest BCUT2D eigenvalue weighted by Gasteiger charge is -2.10. The third-order valence-electron chi connectivity index (χ3n) is 2.25.